The van der Waals surface area contributed by atoms with E-state index >= 15 is 0 Å². The van der Waals surface area contributed by atoms with Crippen LogP contribution in [0.3, 0.4) is 0 Å². The average Bonchev–Trinajstić information content (AvgIpc) is 2.72. The van der Waals surface area contributed by atoms with Crippen molar-refractivity contribution in [2.45, 2.75) is 32.7 Å². The minimum atomic E-state index is -0.424. The first-order valence-corrected chi connectivity index (χ1v) is 10.1. The lowest BCUT2D eigenvalue weighted by molar-refractivity contribution is -0.118. The highest BCUT2D eigenvalue weighted by atomic mass is 32.1. The number of nitrogens with one attached hydrogen (secondary N) is 1. The first-order valence-electron chi connectivity index (χ1n) is 9.65. The highest BCUT2D eigenvalue weighted by Gasteiger charge is 2.18. The number of carbonyl (C=O) groups excluding carboxylic acids is 2. The predicted octanol–water partition coefficient (Wildman–Crippen LogP) is 3.26. The van der Waals surface area contributed by atoms with Gasteiger partial charge in [0.05, 0.1) is 12.2 Å². The summed E-state index contributed by atoms with van der Waals surface area (Å²) in [5.74, 6) is -0.251. The van der Waals surface area contributed by atoms with Gasteiger partial charge in [-0.3, -0.25) is 14.9 Å². The Morgan fingerprint density at radius 3 is 2.48 bits per heavy atom. The smallest absolute Gasteiger partial charge is 0.261 e. The number of hydrogen-bond acceptors (Lipinski definition) is 4. The normalized spacial score (nSPS) is 10.2. The van der Waals surface area contributed by atoms with Crippen LogP contribution in [0.25, 0.3) is 0 Å². The molecular formula is C22H27N3O3S. The van der Waals surface area contributed by atoms with Crippen molar-refractivity contribution in [1.82, 2.24) is 10.2 Å². The van der Waals surface area contributed by atoms with Crippen LogP contribution in [0, 0.1) is 0 Å². The molecule has 6 nitrogen and oxygen atoms in total. The van der Waals surface area contributed by atoms with Crippen LogP contribution in [0.2, 0.25) is 0 Å². The van der Waals surface area contributed by atoms with Gasteiger partial charge < -0.3 is 15.4 Å². The van der Waals surface area contributed by atoms with Gasteiger partial charge in [-0.2, -0.15) is 0 Å². The number of carbonyl (C=O) groups is 2. The molecule has 0 atom stereocenters. The summed E-state index contributed by atoms with van der Waals surface area (Å²) in [5.41, 5.74) is 6.72. The number of nitrogens with zero attached hydrogens (tertiary/aromatic N) is 1. The Bertz CT molecular complexity index is 827. The third kappa shape index (κ3) is 7.54. The summed E-state index contributed by atoms with van der Waals surface area (Å²) in [7, 11) is 0. The Hall–Kier alpha value is -2.93. The Morgan fingerprint density at radius 2 is 1.79 bits per heavy atom. The van der Waals surface area contributed by atoms with Gasteiger partial charge in [0.2, 0.25) is 5.91 Å². The maximum absolute atomic E-state index is 12.8. The molecule has 29 heavy (non-hydrogen) atoms. The second-order valence-electron chi connectivity index (χ2n) is 6.58. The Morgan fingerprint density at radius 1 is 1.10 bits per heavy atom. The van der Waals surface area contributed by atoms with Crippen LogP contribution < -0.4 is 15.8 Å². The van der Waals surface area contributed by atoms with E-state index in [0.29, 0.717) is 31.0 Å². The number of amides is 2. The molecule has 0 aliphatic carbocycles. The summed E-state index contributed by atoms with van der Waals surface area (Å²) in [6, 6.07) is 16.8. The molecule has 0 heterocycles. The van der Waals surface area contributed by atoms with Crippen molar-refractivity contribution in [2.75, 3.05) is 13.2 Å². The second kappa shape index (κ2) is 11.8. The van der Waals surface area contributed by atoms with Crippen molar-refractivity contribution in [3.63, 3.8) is 0 Å². The van der Waals surface area contributed by atoms with Gasteiger partial charge in [0.15, 0.2) is 5.11 Å². The van der Waals surface area contributed by atoms with Crippen LogP contribution in [-0.2, 0) is 11.3 Å². The van der Waals surface area contributed by atoms with Gasteiger partial charge >= 0.3 is 0 Å². The van der Waals surface area contributed by atoms with Crippen molar-refractivity contribution in [3.8, 4) is 5.75 Å². The summed E-state index contributed by atoms with van der Waals surface area (Å²) < 4.78 is 5.74. The molecule has 154 valence electrons. The molecule has 0 unspecified atom stereocenters. The molecule has 2 rings (SSSR count). The van der Waals surface area contributed by atoms with Crippen LogP contribution >= 0.6 is 12.2 Å². The molecule has 0 radical (unpaired) electrons. The van der Waals surface area contributed by atoms with E-state index in [1.54, 1.807) is 23.1 Å². The fraction of sp³-hybridized carbons (Fsp3) is 0.318. The lowest BCUT2D eigenvalue weighted by atomic mass is 10.2. The largest absolute Gasteiger partial charge is 0.493 e. The summed E-state index contributed by atoms with van der Waals surface area (Å²) in [6.45, 7) is 3.40. The maximum atomic E-state index is 12.8. The van der Waals surface area contributed by atoms with E-state index in [0.717, 1.165) is 18.4 Å². The fourth-order valence-corrected chi connectivity index (χ4v) is 2.90. The minimum absolute atomic E-state index is 0.138. The van der Waals surface area contributed by atoms with Crippen LogP contribution in [0.1, 0.15) is 42.1 Å². The summed E-state index contributed by atoms with van der Waals surface area (Å²) >= 11 is 5.45. The number of para-hydroxylation sites is 1. The van der Waals surface area contributed by atoms with E-state index in [9.17, 15) is 9.59 Å². The van der Waals surface area contributed by atoms with Crippen molar-refractivity contribution >= 4 is 29.1 Å². The van der Waals surface area contributed by atoms with Gasteiger partial charge in [0.25, 0.3) is 5.91 Å². The van der Waals surface area contributed by atoms with Crippen molar-refractivity contribution < 1.29 is 14.3 Å². The van der Waals surface area contributed by atoms with Crippen LogP contribution in [0.15, 0.2) is 54.6 Å². The third-order valence-corrected chi connectivity index (χ3v) is 4.60. The van der Waals surface area contributed by atoms with Gasteiger partial charge in [0.1, 0.15) is 5.75 Å². The van der Waals surface area contributed by atoms with E-state index in [4.69, 9.17) is 22.7 Å². The minimum Gasteiger partial charge on any atom is -0.493 e. The number of nitrogens with two attached hydrogens (primary N) is 1. The lowest BCUT2D eigenvalue weighted by Crippen LogP contribution is -2.43. The number of unbranched alkanes of at least 4 members (excludes halogenated alkanes) is 1. The topological polar surface area (TPSA) is 84.7 Å². The highest BCUT2D eigenvalue weighted by Crippen LogP contribution is 2.18. The average molecular weight is 414 g/mol. The van der Waals surface area contributed by atoms with Crippen molar-refractivity contribution in [2.24, 2.45) is 5.73 Å². The van der Waals surface area contributed by atoms with E-state index in [1.165, 1.54) is 0 Å². The number of hydrogen-bond donors (Lipinski definition) is 2. The molecule has 0 saturated carbocycles. The lowest BCUT2D eigenvalue weighted by Gasteiger charge is -2.25. The van der Waals surface area contributed by atoms with Gasteiger partial charge in [-0.25, -0.2) is 0 Å². The summed E-state index contributed by atoms with van der Waals surface area (Å²) in [5, 5.41) is 3.00. The molecule has 0 bridgehead atoms. The Balaban J connectivity index is 2.09. The zero-order valence-corrected chi connectivity index (χ0v) is 17.4. The number of thiocarbonyl (C=S) groups is 1. The van der Waals surface area contributed by atoms with Crippen LogP contribution in [0.5, 0.6) is 5.75 Å². The molecule has 0 aliphatic rings. The quantitative estimate of drug-likeness (QED) is 0.461. The first kappa shape index (κ1) is 22.4. The SMILES string of the molecule is CCCCOc1ccccc1C(=O)NC(=S)N(CCC(N)=O)Cc1ccccc1. The Labute approximate surface area is 177 Å². The summed E-state index contributed by atoms with van der Waals surface area (Å²) in [6.07, 6.45) is 2.05. The molecule has 7 heteroatoms. The van der Waals surface area contributed by atoms with Gasteiger partial charge in [-0.05, 0) is 36.3 Å². The molecule has 0 fully saturated rings. The molecule has 2 aromatic carbocycles. The number of rotatable bonds is 10. The van der Waals surface area contributed by atoms with E-state index in [-0.39, 0.29) is 17.4 Å². The van der Waals surface area contributed by atoms with Crippen molar-refractivity contribution in [1.29, 1.82) is 0 Å². The maximum Gasteiger partial charge on any atom is 0.261 e. The first-order chi connectivity index (χ1) is 14.0. The Kier molecular flexibility index (Phi) is 9.11. The molecular weight excluding hydrogens is 386 g/mol. The second-order valence-corrected chi connectivity index (χ2v) is 6.97. The number of benzene rings is 2. The summed E-state index contributed by atoms with van der Waals surface area (Å²) in [4.78, 5) is 25.8. The molecule has 2 aromatic rings. The molecule has 0 spiro atoms. The van der Waals surface area contributed by atoms with E-state index in [1.807, 2.05) is 36.4 Å². The van der Waals surface area contributed by atoms with Gasteiger partial charge in [-0.1, -0.05) is 55.8 Å². The van der Waals surface area contributed by atoms with Gasteiger partial charge in [0, 0.05) is 19.5 Å². The van der Waals surface area contributed by atoms with E-state index < -0.39 is 5.91 Å². The highest BCUT2D eigenvalue weighted by molar-refractivity contribution is 7.80. The molecule has 0 aromatic heterocycles. The zero-order chi connectivity index (χ0) is 21.1. The third-order valence-electron chi connectivity index (χ3n) is 4.24. The predicted molar refractivity (Wildman–Crippen MR) is 118 cm³/mol. The molecule has 2 amide bonds. The fourth-order valence-electron chi connectivity index (χ4n) is 2.65. The monoisotopic (exact) mass is 413 g/mol. The van der Waals surface area contributed by atoms with Crippen LogP contribution in [0.4, 0.5) is 0 Å². The number of primary amides is 1. The molecule has 0 saturated heterocycles. The van der Waals surface area contributed by atoms with E-state index in [2.05, 4.69) is 12.2 Å². The van der Waals surface area contributed by atoms with Gasteiger partial charge in [-0.15, -0.1) is 0 Å². The number of ether oxygens (including phenoxy) is 1. The standard InChI is InChI=1S/C22H27N3O3S/c1-2-3-15-28-19-12-8-7-11-18(19)21(27)24-22(29)25(14-13-20(23)26)16-17-9-5-4-6-10-17/h4-12H,2-3,13-16H2,1H3,(H2,23,26)(H,24,27,29). The molecule has 0 aliphatic heterocycles. The van der Waals surface area contributed by atoms with Crippen LogP contribution in [-0.4, -0.2) is 35.0 Å². The zero-order valence-electron chi connectivity index (χ0n) is 16.6. The molecule has 3 N–H and O–H groups in total. The van der Waals surface area contributed by atoms with Crippen molar-refractivity contribution in [3.05, 3.63) is 65.7 Å².